The number of hydrogen-bond acceptors (Lipinski definition) is 5. The SMILES string of the molecule is Cc1cc(C(O)CCCCN(C)C)nnc1-c1ccc(C(F)(F)F)cc1O. The van der Waals surface area contributed by atoms with Gasteiger partial charge in [-0.05, 0) is 76.7 Å². The van der Waals surface area contributed by atoms with Crippen LogP contribution in [0.3, 0.4) is 0 Å². The quantitative estimate of drug-likeness (QED) is 0.709. The van der Waals surface area contributed by atoms with Crippen LogP contribution in [0.5, 0.6) is 5.75 Å². The Hall–Kier alpha value is -2.19. The molecule has 0 amide bonds. The average Bonchev–Trinajstić information content (AvgIpc) is 2.57. The van der Waals surface area contributed by atoms with Crippen LogP contribution in [0.25, 0.3) is 11.3 Å². The number of halogens is 3. The number of phenolic OH excluding ortho intramolecular Hbond substituents is 1. The van der Waals surface area contributed by atoms with Crippen molar-refractivity contribution in [2.75, 3.05) is 20.6 Å². The maximum Gasteiger partial charge on any atom is 0.416 e. The molecule has 148 valence electrons. The first-order valence-corrected chi connectivity index (χ1v) is 8.67. The molecule has 1 atom stereocenters. The molecule has 0 aliphatic carbocycles. The van der Waals surface area contributed by atoms with Crippen molar-refractivity contribution in [2.24, 2.45) is 0 Å². The molecule has 8 heteroatoms. The van der Waals surface area contributed by atoms with E-state index in [4.69, 9.17) is 0 Å². The highest BCUT2D eigenvalue weighted by Crippen LogP contribution is 2.36. The van der Waals surface area contributed by atoms with Crippen LogP contribution in [-0.2, 0) is 6.18 Å². The number of alkyl halides is 3. The summed E-state index contributed by atoms with van der Waals surface area (Å²) in [4.78, 5) is 2.07. The van der Waals surface area contributed by atoms with Crippen molar-refractivity contribution < 1.29 is 23.4 Å². The lowest BCUT2D eigenvalue weighted by molar-refractivity contribution is -0.137. The van der Waals surface area contributed by atoms with Crippen molar-refractivity contribution in [3.8, 4) is 17.0 Å². The van der Waals surface area contributed by atoms with Crippen molar-refractivity contribution in [3.05, 3.63) is 41.1 Å². The van der Waals surface area contributed by atoms with Crippen LogP contribution in [0.15, 0.2) is 24.3 Å². The predicted molar refractivity (Wildman–Crippen MR) is 96.2 cm³/mol. The lowest BCUT2D eigenvalue weighted by Crippen LogP contribution is -2.13. The number of nitrogens with zero attached hydrogens (tertiary/aromatic N) is 3. The molecule has 2 rings (SSSR count). The summed E-state index contributed by atoms with van der Waals surface area (Å²) in [6.07, 6.45) is -2.95. The van der Waals surface area contributed by atoms with Crippen molar-refractivity contribution >= 4 is 0 Å². The van der Waals surface area contributed by atoms with Crippen molar-refractivity contribution in [2.45, 2.75) is 38.5 Å². The molecule has 0 aliphatic heterocycles. The van der Waals surface area contributed by atoms with Crippen LogP contribution in [0.2, 0.25) is 0 Å². The molecule has 1 aromatic heterocycles. The van der Waals surface area contributed by atoms with E-state index in [1.165, 1.54) is 6.07 Å². The fraction of sp³-hybridized carbons (Fsp3) is 0.474. The van der Waals surface area contributed by atoms with Crippen LogP contribution < -0.4 is 0 Å². The van der Waals surface area contributed by atoms with E-state index in [2.05, 4.69) is 15.1 Å². The number of aromatic hydroxyl groups is 1. The van der Waals surface area contributed by atoms with E-state index in [9.17, 15) is 23.4 Å². The Morgan fingerprint density at radius 1 is 1.11 bits per heavy atom. The molecule has 5 nitrogen and oxygen atoms in total. The Kier molecular flexibility index (Phi) is 6.78. The molecule has 1 unspecified atom stereocenters. The van der Waals surface area contributed by atoms with Crippen LogP contribution in [0.1, 0.15) is 42.2 Å². The smallest absolute Gasteiger partial charge is 0.416 e. The molecule has 2 aromatic rings. The molecule has 1 aromatic carbocycles. The van der Waals surface area contributed by atoms with Crippen molar-refractivity contribution in [3.63, 3.8) is 0 Å². The summed E-state index contributed by atoms with van der Waals surface area (Å²) >= 11 is 0. The fourth-order valence-corrected chi connectivity index (χ4v) is 2.76. The topological polar surface area (TPSA) is 69.5 Å². The number of phenols is 1. The summed E-state index contributed by atoms with van der Waals surface area (Å²) < 4.78 is 38.2. The Labute approximate surface area is 156 Å². The van der Waals surface area contributed by atoms with Gasteiger partial charge in [0.25, 0.3) is 0 Å². The number of aromatic nitrogens is 2. The van der Waals surface area contributed by atoms with Gasteiger partial charge in [-0.3, -0.25) is 0 Å². The minimum Gasteiger partial charge on any atom is -0.507 e. The number of benzene rings is 1. The zero-order chi connectivity index (χ0) is 20.2. The van der Waals surface area contributed by atoms with Gasteiger partial charge in [0.2, 0.25) is 0 Å². The fourth-order valence-electron chi connectivity index (χ4n) is 2.76. The van der Waals surface area contributed by atoms with Crippen LogP contribution in [0, 0.1) is 6.92 Å². The highest BCUT2D eigenvalue weighted by molar-refractivity contribution is 5.69. The van der Waals surface area contributed by atoms with Crippen LogP contribution in [0.4, 0.5) is 13.2 Å². The Bertz CT molecular complexity index is 779. The summed E-state index contributed by atoms with van der Waals surface area (Å²) in [6, 6.07) is 4.39. The average molecular weight is 383 g/mol. The molecule has 1 heterocycles. The second-order valence-electron chi connectivity index (χ2n) is 6.85. The molecule has 0 spiro atoms. The van der Waals surface area contributed by atoms with Gasteiger partial charge in [0.1, 0.15) is 5.75 Å². The molecule has 27 heavy (non-hydrogen) atoms. The van der Waals surface area contributed by atoms with E-state index < -0.39 is 23.6 Å². The zero-order valence-electron chi connectivity index (χ0n) is 15.6. The zero-order valence-corrected chi connectivity index (χ0v) is 15.6. The lowest BCUT2D eigenvalue weighted by atomic mass is 10.0. The number of hydrogen-bond donors (Lipinski definition) is 2. The van der Waals surface area contributed by atoms with Gasteiger partial charge in [0.05, 0.1) is 23.1 Å². The monoisotopic (exact) mass is 383 g/mol. The maximum absolute atomic E-state index is 12.7. The second-order valence-corrected chi connectivity index (χ2v) is 6.85. The lowest BCUT2D eigenvalue weighted by Gasteiger charge is -2.14. The summed E-state index contributed by atoms with van der Waals surface area (Å²) in [5, 5.41) is 28.3. The third-order valence-corrected chi connectivity index (χ3v) is 4.26. The van der Waals surface area contributed by atoms with E-state index >= 15 is 0 Å². The summed E-state index contributed by atoms with van der Waals surface area (Å²) in [5.41, 5.74) is 0.541. The van der Waals surface area contributed by atoms with E-state index in [-0.39, 0.29) is 11.3 Å². The number of unbranched alkanes of at least 4 members (excludes halogenated alkanes) is 1. The van der Waals surface area contributed by atoms with Gasteiger partial charge in [-0.25, -0.2) is 0 Å². The van der Waals surface area contributed by atoms with Gasteiger partial charge in [-0.1, -0.05) is 0 Å². The molecule has 0 fully saturated rings. The number of aryl methyl sites for hydroxylation is 1. The predicted octanol–water partition coefficient (Wildman–Crippen LogP) is 3.94. The van der Waals surface area contributed by atoms with Crippen molar-refractivity contribution in [1.29, 1.82) is 0 Å². The minimum absolute atomic E-state index is 0.167. The van der Waals surface area contributed by atoms with E-state index in [1.54, 1.807) is 13.0 Å². The highest BCUT2D eigenvalue weighted by atomic mass is 19.4. The first-order chi connectivity index (χ1) is 12.6. The van der Waals surface area contributed by atoms with Gasteiger partial charge in [-0.2, -0.15) is 18.3 Å². The normalized spacial score (nSPS) is 13.2. The summed E-state index contributed by atoms with van der Waals surface area (Å²) in [7, 11) is 3.97. The van der Waals surface area contributed by atoms with E-state index in [0.717, 1.165) is 25.5 Å². The van der Waals surface area contributed by atoms with E-state index in [0.29, 0.717) is 23.7 Å². The maximum atomic E-state index is 12.7. The van der Waals surface area contributed by atoms with Gasteiger partial charge in [0.15, 0.2) is 0 Å². The van der Waals surface area contributed by atoms with Crippen LogP contribution in [-0.4, -0.2) is 46.0 Å². The molecule has 0 saturated carbocycles. The van der Waals surface area contributed by atoms with Gasteiger partial charge in [-0.15, -0.1) is 5.10 Å². The largest absolute Gasteiger partial charge is 0.507 e. The third kappa shape index (κ3) is 5.64. The Morgan fingerprint density at radius 2 is 1.81 bits per heavy atom. The number of rotatable bonds is 7. The first-order valence-electron chi connectivity index (χ1n) is 8.67. The molecular formula is C19H24F3N3O2. The molecule has 0 aliphatic rings. The third-order valence-electron chi connectivity index (χ3n) is 4.26. The highest BCUT2D eigenvalue weighted by Gasteiger charge is 2.31. The standard InChI is InChI=1S/C19H24F3N3O2/c1-12-10-15(16(26)6-4-5-9-25(2)3)23-24-18(12)14-8-7-13(11-17(14)27)19(20,21)22/h7-8,10-11,16,26-27H,4-6,9H2,1-3H3. The molecule has 2 N–H and O–H groups in total. The minimum atomic E-state index is -4.53. The Morgan fingerprint density at radius 3 is 2.37 bits per heavy atom. The first kappa shape index (κ1) is 21.1. The molecule has 0 bridgehead atoms. The molecule has 0 radical (unpaired) electrons. The van der Waals surface area contributed by atoms with Crippen molar-refractivity contribution in [1.82, 2.24) is 15.1 Å². The molecule has 0 saturated heterocycles. The second kappa shape index (κ2) is 8.67. The summed E-state index contributed by atoms with van der Waals surface area (Å²) in [6.45, 7) is 2.65. The number of aliphatic hydroxyl groups excluding tert-OH is 1. The number of aliphatic hydroxyl groups is 1. The van der Waals surface area contributed by atoms with Gasteiger partial charge in [0, 0.05) is 5.56 Å². The van der Waals surface area contributed by atoms with E-state index in [1.807, 2.05) is 14.1 Å². The Balaban J connectivity index is 2.15. The summed E-state index contributed by atoms with van der Waals surface area (Å²) in [5.74, 6) is -0.515. The van der Waals surface area contributed by atoms with Crippen LogP contribution >= 0.6 is 0 Å². The molecular weight excluding hydrogens is 359 g/mol. The van der Waals surface area contributed by atoms with Gasteiger partial charge < -0.3 is 15.1 Å². The van der Waals surface area contributed by atoms with Gasteiger partial charge >= 0.3 is 6.18 Å².